The van der Waals surface area contributed by atoms with Crippen LogP contribution in [-0.2, 0) is 14.8 Å². The molecule has 7 nitrogen and oxygen atoms in total. The van der Waals surface area contributed by atoms with Gasteiger partial charge in [-0.15, -0.1) is 0 Å². The number of benzene rings is 2. The van der Waals surface area contributed by atoms with Crippen LogP contribution in [0.1, 0.15) is 6.92 Å². The van der Waals surface area contributed by atoms with E-state index in [9.17, 15) is 17.6 Å². The number of carbonyl (C=O) groups excluding carboxylic acids is 1. The van der Waals surface area contributed by atoms with Crippen LogP contribution in [0.25, 0.3) is 0 Å². The molecule has 0 saturated carbocycles. The van der Waals surface area contributed by atoms with Crippen LogP contribution in [0.2, 0.25) is 0 Å². The highest BCUT2D eigenvalue weighted by molar-refractivity contribution is 7.89. The Bertz CT molecular complexity index is 888. The lowest BCUT2D eigenvalue weighted by atomic mass is 10.2. The number of amides is 1. The van der Waals surface area contributed by atoms with Crippen LogP contribution in [0.15, 0.2) is 53.4 Å². The van der Waals surface area contributed by atoms with Crippen LogP contribution in [0.5, 0.6) is 5.75 Å². The highest BCUT2D eigenvalue weighted by Gasteiger charge is 2.18. The summed E-state index contributed by atoms with van der Waals surface area (Å²) in [4.78, 5) is 14.1. The molecular weight excluding hydrogens is 373 g/mol. The number of nitrogens with two attached hydrogens (primary N) is 1. The summed E-state index contributed by atoms with van der Waals surface area (Å²) in [5, 5.41) is 7.76. The molecule has 2 rings (SSSR count). The number of halogens is 1. The lowest BCUT2D eigenvalue weighted by molar-refractivity contribution is -0.120. The predicted octanol–water partition coefficient (Wildman–Crippen LogP) is 1.81. The van der Waals surface area contributed by atoms with Gasteiger partial charge < -0.3 is 10.1 Å². The van der Waals surface area contributed by atoms with Gasteiger partial charge in [-0.1, -0.05) is 6.07 Å². The number of hydrogen-bond donors (Lipinski definition) is 2. The quantitative estimate of drug-likeness (QED) is 0.710. The molecule has 0 bridgehead atoms. The zero-order valence-electron chi connectivity index (χ0n) is 15.1. The molecule has 9 heteroatoms. The number of sulfonamides is 1. The minimum Gasteiger partial charge on any atom is -0.492 e. The molecule has 27 heavy (non-hydrogen) atoms. The second kappa shape index (κ2) is 8.94. The van der Waals surface area contributed by atoms with Crippen LogP contribution in [0.3, 0.4) is 0 Å². The number of primary sulfonamides is 1. The van der Waals surface area contributed by atoms with Crippen molar-refractivity contribution in [2.75, 3.05) is 25.5 Å². The molecule has 0 aliphatic heterocycles. The van der Waals surface area contributed by atoms with Crippen molar-refractivity contribution in [1.82, 2.24) is 4.90 Å². The van der Waals surface area contributed by atoms with E-state index in [2.05, 4.69) is 5.32 Å². The van der Waals surface area contributed by atoms with E-state index < -0.39 is 16.1 Å². The fraction of sp³-hybridized carbons (Fsp3) is 0.278. The van der Waals surface area contributed by atoms with Gasteiger partial charge >= 0.3 is 0 Å². The molecule has 0 aliphatic rings. The van der Waals surface area contributed by atoms with Gasteiger partial charge in [-0.25, -0.2) is 17.9 Å². The topological polar surface area (TPSA) is 102 Å². The van der Waals surface area contributed by atoms with E-state index >= 15 is 0 Å². The minimum absolute atomic E-state index is 0.0750. The number of likely N-dealkylation sites (N-methyl/N-ethyl adjacent to an activating group) is 1. The largest absolute Gasteiger partial charge is 0.492 e. The fourth-order valence-electron chi connectivity index (χ4n) is 2.23. The van der Waals surface area contributed by atoms with Crippen molar-refractivity contribution in [1.29, 1.82) is 0 Å². The smallest absolute Gasteiger partial charge is 0.241 e. The first kappa shape index (κ1) is 20.8. The molecule has 1 unspecified atom stereocenters. The average Bonchev–Trinajstić information content (AvgIpc) is 2.62. The molecule has 1 atom stereocenters. The third-order valence-corrected chi connectivity index (χ3v) is 4.91. The van der Waals surface area contributed by atoms with Gasteiger partial charge in [-0.05, 0) is 56.4 Å². The summed E-state index contributed by atoms with van der Waals surface area (Å²) in [7, 11) is -2.08. The van der Waals surface area contributed by atoms with Crippen molar-refractivity contribution in [3.8, 4) is 5.75 Å². The van der Waals surface area contributed by atoms with Crippen LogP contribution < -0.4 is 15.2 Å². The summed E-state index contributed by atoms with van der Waals surface area (Å²) in [5.74, 6) is -0.0937. The predicted molar refractivity (Wildman–Crippen MR) is 100 cm³/mol. The molecule has 0 radical (unpaired) electrons. The average molecular weight is 395 g/mol. The van der Waals surface area contributed by atoms with Crippen molar-refractivity contribution in [2.24, 2.45) is 5.14 Å². The Balaban J connectivity index is 1.87. The SMILES string of the molecule is CC(C(=O)Nc1cccc(S(N)(=O)=O)c1)N(C)CCOc1ccc(F)cc1. The molecule has 2 aromatic carbocycles. The van der Waals surface area contributed by atoms with Crippen LogP contribution in [-0.4, -0.2) is 45.5 Å². The first-order valence-electron chi connectivity index (χ1n) is 8.19. The van der Waals surface area contributed by atoms with Gasteiger partial charge in [0.1, 0.15) is 18.2 Å². The van der Waals surface area contributed by atoms with Crippen molar-refractivity contribution in [2.45, 2.75) is 17.9 Å². The maximum absolute atomic E-state index is 12.9. The van der Waals surface area contributed by atoms with Gasteiger partial charge in [0.15, 0.2) is 0 Å². The highest BCUT2D eigenvalue weighted by atomic mass is 32.2. The maximum atomic E-state index is 12.9. The normalized spacial score (nSPS) is 12.6. The molecule has 2 aromatic rings. The first-order chi connectivity index (χ1) is 12.7. The highest BCUT2D eigenvalue weighted by Crippen LogP contribution is 2.15. The second-order valence-corrected chi connectivity index (χ2v) is 7.58. The second-order valence-electron chi connectivity index (χ2n) is 6.02. The van der Waals surface area contributed by atoms with Crippen molar-refractivity contribution in [3.05, 3.63) is 54.3 Å². The number of nitrogens with one attached hydrogen (secondary N) is 1. The molecule has 146 valence electrons. The van der Waals surface area contributed by atoms with Crippen molar-refractivity contribution < 1.29 is 22.3 Å². The summed E-state index contributed by atoms with van der Waals surface area (Å²) >= 11 is 0. The van der Waals surface area contributed by atoms with Gasteiger partial charge in [0, 0.05) is 12.2 Å². The van der Waals surface area contributed by atoms with Crippen LogP contribution in [0.4, 0.5) is 10.1 Å². The Kier molecular flexibility index (Phi) is 6.89. The number of nitrogens with zero attached hydrogens (tertiary/aromatic N) is 1. The molecule has 0 saturated heterocycles. The minimum atomic E-state index is -3.84. The Morgan fingerprint density at radius 1 is 1.26 bits per heavy atom. The van der Waals surface area contributed by atoms with E-state index in [-0.39, 0.29) is 16.6 Å². The van der Waals surface area contributed by atoms with E-state index in [1.165, 1.54) is 42.5 Å². The molecule has 0 fully saturated rings. The van der Waals surface area contributed by atoms with Gasteiger partial charge in [-0.2, -0.15) is 0 Å². The van der Waals surface area contributed by atoms with Crippen molar-refractivity contribution >= 4 is 21.6 Å². The monoisotopic (exact) mass is 395 g/mol. The fourth-order valence-corrected chi connectivity index (χ4v) is 2.79. The summed E-state index contributed by atoms with van der Waals surface area (Å²) in [6.45, 7) is 2.50. The molecule has 0 spiro atoms. The van der Waals surface area contributed by atoms with Gasteiger partial charge in [0.2, 0.25) is 15.9 Å². The Morgan fingerprint density at radius 2 is 1.93 bits per heavy atom. The molecule has 0 aliphatic carbocycles. The number of rotatable bonds is 8. The molecule has 1 amide bonds. The summed E-state index contributed by atoms with van der Waals surface area (Å²) in [6, 6.07) is 10.9. The third-order valence-electron chi connectivity index (χ3n) is 4.00. The zero-order valence-corrected chi connectivity index (χ0v) is 15.9. The first-order valence-corrected chi connectivity index (χ1v) is 9.74. The molecule has 0 heterocycles. The number of hydrogen-bond acceptors (Lipinski definition) is 5. The standard InChI is InChI=1S/C18H22FN3O4S/c1-13(22(2)10-11-26-16-8-6-14(19)7-9-16)18(23)21-15-4-3-5-17(12-15)27(20,24)25/h3-9,12-13H,10-11H2,1-2H3,(H,21,23)(H2,20,24,25). The van der Waals surface area contributed by atoms with Gasteiger partial charge in [0.25, 0.3) is 0 Å². The lowest BCUT2D eigenvalue weighted by Gasteiger charge is -2.24. The van der Waals surface area contributed by atoms with Crippen LogP contribution >= 0.6 is 0 Å². The number of ether oxygens (including phenoxy) is 1. The van der Waals surface area contributed by atoms with E-state index in [1.54, 1.807) is 24.9 Å². The summed E-state index contributed by atoms with van der Waals surface area (Å²) in [5.41, 5.74) is 0.342. The molecular formula is C18H22FN3O4S. The number of anilines is 1. The molecule has 3 N–H and O–H groups in total. The van der Waals surface area contributed by atoms with E-state index in [0.717, 1.165) is 0 Å². The number of carbonyl (C=O) groups is 1. The van der Waals surface area contributed by atoms with E-state index in [0.29, 0.717) is 24.6 Å². The Morgan fingerprint density at radius 3 is 2.56 bits per heavy atom. The van der Waals surface area contributed by atoms with Crippen molar-refractivity contribution in [3.63, 3.8) is 0 Å². The Labute approximate surface area is 158 Å². The Hall–Kier alpha value is -2.49. The zero-order chi connectivity index (χ0) is 20.0. The van der Waals surface area contributed by atoms with Gasteiger partial charge in [-0.3, -0.25) is 9.69 Å². The van der Waals surface area contributed by atoms with Crippen LogP contribution in [0, 0.1) is 5.82 Å². The van der Waals surface area contributed by atoms with E-state index in [1.807, 2.05) is 0 Å². The lowest BCUT2D eigenvalue weighted by Crippen LogP contribution is -2.41. The third kappa shape index (κ3) is 6.31. The maximum Gasteiger partial charge on any atom is 0.241 e. The summed E-state index contributed by atoms with van der Waals surface area (Å²) in [6.07, 6.45) is 0. The van der Waals surface area contributed by atoms with E-state index in [4.69, 9.17) is 9.88 Å². The summed E-state index contributed by atoms with van der Waals surface area (Å²) < 4.78 is 41.1. The van der Waals surface area contributed by atoms with Gasteiger partial charge in [0.05, 0.1) is 10.9 Å². The molecule has 0 aromatic heterocycles.